The van der Waals surface area contributed by atoms with Gasteiger partial charge in [-0.3, -0.25) is 9.10 Å². The van der Waals surface area contributed by atoms with E-state index in [0.29, 0.717) is 5.56 Å². The molecule has 0 saturated heterocycles. The summed E-state index contributed by atoms with van der Waals surface area (Å²) in [6, 6.07) is 17.7. The third kappa shape index (κ3) is 8.09. The van der Waals surface area contributed by atoms with Gasteiger partial charge in [-0.05, 0) is 48.4 Å². The molecule has 3 aromatic carbocycles. The van der Waals surface area contributed by atoms with Crippen LogP contribution in [0.2, 0.25) is 0 Å². The van der Waals surface area contributed by atoms with Crippen molar-refractivity contribution < 1.29 is 37.3 Å². The van der Waals surface area contributed by atoms with Gasteiger partial charge in [-0.15, -0.1) is 0 Å². The molecule has 11 heteroatoms. The topological polar surface area (TPSA) is 133 Å². The van der Waals surface area contributed by atoms with Crippen molar-refractivity contribution in [2.45, 2.75) is 25.0 Å². The molecule has 208 valence electrons. The summed E-state index contributed by atoms with van der Waals surface area (Å²) in [6.45, 7) is 0.461. The molecule has 0 saturated carbocycles. The van der Waals surface area contributed by atoms with Gasteiger partial charge in [0.15, 0.2) is 0 Å². The summed E-state index contributed by atoms with van der Waals surface area (Å²) in [5, 5.41) is 23.3. The maximum absolute atomic E-state index is 13.3. The monoisotopic (exact) mass is 558 g/mol. The zero-order valence-corrected chi connectivity index (χ0v) is 22.6. The van der Waals surface area contributed by atoms with E-state index in [0.717, 1.165) is 16.1 Å². The van der Waals surface area contributed by atoms with E-state index in [1.54, 1.807) is 37.3 Å². The number of amides is 1. The molecule has 3 N–H and O–H groups in total. The number of carbonyl (C=O) groups is 2. The summed E-state index contributed by atoms with van der Waals surface area (Å²) in [4.78, 5) is 26.1. The number of esters is 1. The maximum Gasteiger partial charge on any atom is 0.338 e. The van der Waals surface area contributed by atoms with Crippen molar-refractivity contribution in [3.8, 4) is 0 Å². The second kappa shape index (κ2) is 12.4. The van der Waals surface area contributed by atoms with Gasteiger partial charge in [-0.1, -0.05) is 42.5 Å². The van der Waals surface area contributed by atoms with Crippen LogP contribution in [0.5, 0.6) is 0 Å². The van der Waals surface area contributed by atoms with E-state index in [1.807, 2.05) is 0 Å². The van der Waals surface area contributed by atoms with Gasteiger partial charge < -0.3 is 20.3 Å². The third-order valence-electron chi connectivity index (χ3n) is 6.14. The average molecular weight is 559 g/mol. The molecule has 0 spiro atoms. The Bertz CT molecular complexity index is 1420. The molecule has 2 atom stereocenters. The lowest BCUT2D eigenvalue weighted by Gasteiger charge is -2.25. The van der Waals surface area contributed by atoms with Crippen molar-refractivity contribution in [3.05, 3.63) is 101 Å². The standard InChI is InChI=1S/C28H31FN2O7S/c1-19(21-9-11-24(29)12-10-21)30-26(33)22-13-23(15-25(14-22)31(2)39(3,36)37)27(34)38-18-28(35,17-32)16-20-7-5-4-6-8-20/h4-15,19,32,35H,16-18H2,1-3H3,(H,30,33)/t19-,28?/m1/s1. The number of hydrogen-bond donors (Lipinski definition) is 3. The van der Waals surface area contributed by atoms with Crippen molar-refractivity contribution in [3.63, 3.8) is 0 Å². The lowest BCUT2D eigenvalue weighted by Crippen LogP contribution is -2.41. The van der Waals surface area contributed by atoms with Crippen LogP contribution in [0, 0.1) is 5.82 Å². The van der Waals surface area contributed by atoms with Crippen LogP contribution < -0.4 is 9.62 Å². The van der Waals surface area contributed by atoms with Gasteiger partial charge in [-0.25, -0.2) is 17.6 Å². The number of ether oxygens (including phenoxy) is 1. The van der Waals surface area contributed by atoms with Crippen LogP contribution in [0.15, 0.2) is 72.8 Å². The number of nitrogens with one attached hydrogen (secondary N) is 1. The second-order valence-electron chi connectivity index (χ2n) is 9.37. The summed E-state index contributed by atoms with van der Waals surface area (Å²) < 4.78 is 43.8. The zero-order valence-electron chi connectivity index (χ0n) is 21.8. The Morgan fingerprint density at radius 2 is 1.67 bits per heavy atom. The van der Waals surface area contributed by atoms with Gasteiger partial charge in [0, 0.05) is 19.0 Å². The minimum Gasteiger partial charge on any atom is -0.459 e. The molecule has 0 aliphatic rings. The molecule has 1 amide bonds. The molecule has 3 aromatic rings. The fraction of sp³-hybridized carbons (Fsp3) is 0.286. The number of anilines is 1. The Kier molecular flexibility index (Phi) is 9.44. The largest absolute Gasteiger partial charge is 0.459 e. The first-order chi connectivity index (χ1) is 18.3. The lowest BCUT2D eigenvalue weighted by atomic mass is 9.96. The second-order valence-corrected chi connectivity index (χ2v) is 11.4. The van der Waals surface area contributed by atoms with Crippen LogP contribution in [0.4, 0.5) is 10.1 Å². The highest BCUT2D eigenvalue weighted by atomic mass is 32.2. The van der Waals surface area contributed by atoms with E-state index >= 15 is 0 Å². The molecule has 39 heavy (non-hydrogen) atoms. The summed E-state index contributed by atoms with van der Waals surface area (Å²) >= 11 is 0. The number of rotatable bonds is 11. The van der Waals surface area contributed by atoms with Crippen LogP contribution in [-0.2, 0) is 21.2 Å². The minimum atomic E-state index is -3.74. The Morgan fingerprint density at radius 3 is 2.26 bits per heavy atom. The third-order valence-corrected chi connectivity index (χ3v) is 7.34. The smallest absolute Gasteiger partial charge is 0.338 e. The Labute approximate surface area is 226 Å². The van der Waals surface area contributed by atoms with Gasteiger partial charge in [0.2, 0.25) is 10.0 Å². The van der Waals surface area contributed by atoms with Gasteiger partial charge in [-0.2, -0.15) is 0 Å². The first-order valence-corrected chi connectivity index (χ1v) is 13.9. The van der Waals surface area contributed by atoms with Crippen molar-refractivity contribution in [2.24, 2.45) is 0 Å². The highest BCUT2D eigenvalue weighted by Gasteiger charge is 2.29. The molecular formula is C28H31FN2O7S. The lowest BCUT2D eigenvalue weighted by molar-refractivity contribution is -0.0630. The van der Waals surface area contributed by atoms with E-state index in [9.17, 15) is 32.6 Å². The molecule has 3 rings (SSSR count). The van der Waals surface area contributed by atoms with Crippen molar-refractivity contribution >= 4 is 27.6 Å². The molecule has 1 unspecified atom stereocenters. The summed E-state index contributed by atoms with van der Waals surface area (Å²) in [5.74, 6) is -1.96. The molecule has 9 nitrogen and oxygen atoms in total. The Morgan fingerprint density at radius 1 is 1.05 bits per heavy atom. The van der Waals surface area contributed by atoms with E-state index in [4.69, 9.17) is 4.74 Å². The number of aliphatic hydroxyl groups excluding tert-OH is 1. The van der Waals surface area contributed by atoms with Crippen LogP contribution in [0.25, 0.3) is 0 Å². The number of hydrogen-bond acceptors (Lipinski definition) is 7. The first-order valence-electron chi connectivity index (χ1n) is 12.0. The van der Waals surface area contributed by atoms with E-state index in [-0.39, 0.29) is 23.2 Å². The average Bonchev–Trinajstić information content (AvgIpc) is 2.91. The first kappa shape index (κ1) is 29.8. The van der Waals surface area contributed by atoms with Gasteiger partial charge in [0.25, 0.3) is 5.91 Å². The van der Waals surface area contributed by atoms with Crippen LogP contribution in [0.3, 0.4) is 0 Å². The van der Waals surface area contributed by atoms with Crippen molar-refractivity contribution in [1.82, 2.24) is 5.32 Å². The van der Waals surface area contributed by atoms with E-state index < -0.39 is 52.6 Å². The number of aliphatic hydroxyl groups is 2. The fourth-order valence-corrected chi connectivity index (χ4v) is 4.25. The molecule has 0 radical (unpaired) electrons. The van der Waals surface area contributed by atoms with Gasteiger partial charge in [0.1, 0.15) is 18.0 Å². The molecule has 0 heterocycles. The molecular weight excluding hydrogens is 527 g/mol. The predicted octanol–water partition coefficient (Wildman–Crippen LogP) is 2.84. The Hall–Kier alpha value is -3.80. The summed E-state index contributed by atoms with van der Waals surface area (Å²) in [6.07, 6.45) is 0.989. The number of carbonyl (C=O) groups excluding carboxylic acids is 2. The van der Waals surface area contributed by atoms with Crippen LogP contribution >= 0.6 is 0 Å². The summed E-state index contributed by atoms with van der Waals surface area (Å²) in [7, 11) is -2.47. The number of sulfonamides is 1. The molecule has 0 aliphatic carbocycles. The molecule has 0 aliphatic heterocycles. The van der Waals surface area contributed by atoms with Gasteiger partial charge >= 0.3 is 5.97 Å². The fourth-order valence-electron chi connectivity index (χ4n) is 3.76. The minimum absolute atomic E-state index is 0.0173. The number of benzene rings is 3. The number of nitrogens with zero attached hydrogens (tertiary/aromatic N) is 1. The van der Waals surface area contributed by atoms with Gasteiger partial charge in [0.05, 0.1) is 30.2 Å². The van der Waals surface area contributed by atoms with Crippen molar-refractivity contribution in [2.75, 3.05) is 30.8 Å². The Balaban J connectivity index is 1.85. The summed E-state index contributed by atoms with van der Waals surface area (Å²) in [5.41, 5.74) is -0.531. The molecule has 0 fully saturated rings. The quantitative estimate of drug-likeness (QED) is 0.308. The highest BCUT2D eigenvalue weighted by molar-refractivity contribution is 7.92. The maximum atomic E-state index is 13.3. The molecule has 0 aromatic heterocycles. The number of halogens is 1. The van der Waals surface area contributed by atoms with Crippen LogP contribution in [-0.4, -0.2) is 62.6 Å². The van der Waals surface area contributed by atoms with Crippen molar-refractivity contribution in [1.29, 1.82) is 0 Å². The van der Waals surface area contributed by atoms with Crippen LogP contribution in [0.1, 0.15) is 44.8 Å². The van der Waals surface area contributed by atoms with E-state index in [1.165, 1.54) is 49.5 Å². The molecule has 0 bridgehead atoms. The SMILES string of the molecule is C[C@@H](NC(=O)c1cc(C(=O)OCC(O)(CO)Cc2ccccc2)cc(N(C)S(C)(=O)=O)c1)c1ccc(F)cc1. The van der Waals surface area contributed by atoms with E-state index in [2.05, 4.69) is 5.32 Å². The predicted molar refractivity (Wildman–Crippen MR) is 144 cm³/mol. The zero-order chi connectivity index (χ0) is 28.8. The highest BCUT2D eigenvalue weighted by Crippen LogP contribution is 2.23. The normalized spacial score (nSPS) is 13.7.